The minimum absolute atomic E-state index is 0.00507. The molecule has 0 aliphatic carbocycles. The summed E-state index contributed by atoms with van der Waals surface area (Å²) in [5, 5.41) is 2.65. The summed E-state index contributed by atoms with van der Waals surface area (Å²) >= 11 is 0. The largest absolute Gasteiger partial charge is 0.573 e. The Balaban J connectivity index is 3.22. The van der Waals surface area contributed by atoms with Crippen LogP contribution < -0.4 is 10.1 Å². The molecule has 0 radical (unpaired) electrons. The van der Waals surface area contributed by atoms with Crippen molar-refractivity contribution in [2.45, 2.75) is 18.2 Å². The Morgan fingerprint density at radius 3 is 2.50 bits per heavy atom. The number of hydrogen-bond acceptors (Lipinski definition) is 5. The zero-order valence-electron chi connectivity index (χ0n) is 9.58. The maximum Gasteiger partial charge on any atom is 0.573 e. The highest BCUT2D eigenvalue weighted by Crippen LogP contribution is 2.27. The number of nitrogens with zero attached hydrogens (tertiary/aromatic N) is 1. The van der Waals surface area contributed by atoms with E-state index in [1.54, 1.807) is 6.92 Å². The van der Waals surface area contributed by atoms with Gasteiger partial charge in [0.05, 0.1) is 6.20 Å². The molecule has 1 heterocycles. The average Bonchev–Trinajstić information content (AvgIpc) is 2.16. The summed E-state index contributed by atoms with van der Waals surface area (Å²) in [4.78, 5) is 3.26. The fourth-order valence-corrected chi connectivity index (χ4v) is 2.01. The summed E-state index contributed by atoms with van der Waals surface area (Å²) in [6, 6.07) is 0.786. The highest BCUT2D eigenvalue weighted by atomic mass is 32.2. The first-order valence-corrected chi connectivity index (χ1v) is 6.72. The molecule has 0 bridgehead atoms. The van der Waals surface area contributed by atoms with Crippen LogP contribution in [0.15, 0.2) is 17.2 Å². The van der Waals surface area contributed by atoms with Crippen LogP contribution in [0.5, 0.6) is 5.75 Å². The molecule has 1 N–H and O–H groups in total. The Kier molecular flexibility index (Phi) is 4.05. The molecule has 0 aliphatic rings. The van der Waals surface area contributed by atoms with Crippen molar-refractivity contribution in [3.05, 3.63) is 12.3 Å². The Morgan fingerprint density at radius 1 is 1.44 bits per heavy atom. The second kappa shape index (κ2) is 5.01. The first-order valence-electron chi connectivity index (χ1n) is 4.83. The molecule has 0 atom stereocenters. The molecule has 0 unspecified atom stereocenters. The van der Waals surface area contributed by atoms with Crippen LogP contribution in [0.2, 0.25) is 0 Å². The summed E-state index contributed by atoms with van der Waals surface area (Å²) in [5.74, 6) is -0.681. The molecule has 102 valence electrons. The van der Waals surface area contributed by atoms with Crippen LogP contribution in [0.4, 0.5) is 19.0 Å². The van der Waals surface area contributed by atoms with Crippen LogP contribution in [0, 0.1) is 0 Å². The molecule has 0 saturated carbocycles. The van der Waals surface area contributed by atoms with Gasteiger partial charge in [-0.05, 0) is 6.92 Å². The van der Waals surface area contributed by atoms with Crippen LogP contribution in [0.1, 0.15) is 6.92 Å². The van der Waals surface area contributed by atoms with Gasteiger partial charge in [-0.25, -0.2) is 13.4 Å². The molecular weight excluding hydrogens is 273 g/mol. The third kappa shape index (κ3) is 4.06. The molecule has 0 amide bonds. The quantitative estimate of drug-likeness (QED) is 0.913. The Labute approximate surface area is 102 Å². The number of nitrogens with one attached hydrogen (secondary N) is 1. The molecule has 0 aliphatic heterocycles. The second-order valence-corrected chi connectivity index (χ2v) is 5.35. The van der Waals surface area contributed by atoms with Crippen LogP contribution in [-0.4, -0.2) is 32.6 Å². The lowest BCUT2D eigenvalue weighted by Gasteiger charge is -2.12. The molecule has 1 aromatic heterocycles. The molecule has 18 heavy (non-hydrogen) atoms. The van der Waals surface area contributed by atoms with Crippen molar-refractivity contribution in [1.29, 1.82) is 0 Å². The molecule has 1 rings (SSSR count). The molecule has 0 spiro atoms. The van der Waals surface area contributed by atoms with Gasteiger partial charge in [0.15, 0.2) is 9.84 Å². The third-order valence-electron chi connectivity index (χ3n) is 1.80. The molecule has 0 fully saturated rings. The third-order valence-corrected chi connectivity index (χ3v) is 2.92. The van der Waals surface area contributed by atoms with Crippen LogP contribution in [-0.2, 0) is 9.84 Å². The van der Waals surface area contributed by atoms with Crippen molar-refractivity contribution in [2.75, 3.05) is 18.1 Å². The van der Waals surface area contributed by atoms with Gasteiger partial charge in [0.25, 0.3) is 0 Å². The Bertz CT molecular complexity index is 528. The van der Waals surface area contributed by atoms with Gasteiger partial charge in [0, 0.05) is 18.9 Å². The Morgan fingerprint density at radius 2 is 2.06 bits per heavy atom. The summed E-state index contributed by atoms with van der Waals surface area (Å²) in [6.07, 6.45) is -3.21. The summed E-state index contributed by atoms with van der Waals surface area (Å²) in [5.41, 5.74) is 0. The lowest BCUT2D eigenvalue weighted by Crippen LogP contribution is -2.18. The van der Waals surface area contributed by atoms with E-state index in [-0.39, 0.29) is 10.7 Å². The van der Waals surface area contributed by atoms with Crippen LogP contribution in [0.3, 0.4) is 0 Å². The van der Waals surface area contributed by atoms with Crippen LogP contribution >= 0.6 is 0 Å². The lowest BCUT2D eigenvalue weighted by molar-refractivity contribution is -0.274. The van der Waals surface area contributed by atoms with E-state index >= 15 is 0 Å². The van der Waals surface area contributed by atoms with Gasteiger partial charge in [-0.1, -0.05) is 0 Å². The zero-order valence-corrected chi connectivity index (χ0v) is 10.4. The molecular formula is C9H11F3N2O3S. The van der Waals surface area contributed by atoms with Gasteiger partial charge in [0.1, 0.15) is 16.5 Å². The number of anilines is 1. The minimum Gasteiger partial charge on any atom is -0.404 e. The van der Waals surface area contributed by atoms with Gasteiger partial charge in [-0.2, -0.15) is 0 Å². The van der Waals surface area contributed by atoms with Crippen molar-refractivity contribution >= 4 is 15.7 Å². The maximum absolute atomic E-state index is 12.0. The van der Waals surface area contributed by atoms with Gasteiger partial charge < -0.3 is 10.1 Å². The predicted octanol–water partition coefficient (Wildman–Crippen LogP) is 1.82. The van der Waals surface area contributed by atoms with E-state index in [2.05, 4.69) is 15.0 Å². The number of rotatable bonds is 4. The van der Waals surface area contributed by atoms with Crippen molar-refractivity contribution in [1.82, 2.24) is 4.98 Å². The molecule has 1 aromatic rings. The molecule has 0 saturated heterocycles. The number of pyridine rings is 1. The maximum atomic E-state index is 12.0. The standard InChI is InChI=1S/C9H11F3N2O3S/c1-3-13-8-7(18(2,15)16)4-6(5-14-8)17-9(10,11)12/h4-5H,3H2,1-2H3,(H,13,14). The van der Waals surface area contributed by atoms with E-state index in [0.717, 1.165) is 18.5 Å². The Hall–Kier alpha value is -1.51. The van der Waals surface area contributed by atoms with Crippen molar-refractivity contribution in [3.8, 4) is 5.75 Å². The molecule has 0 aromatic carbocycles. The minimum atomic E-state index is -4.89. The average molecular weight is 284 g/mol. The van der Waals surface area contributed by atoms with E-state index in [9.17, 15) is 21.6 Å². The number of alkyl halides is 3. The van der Waals surface area contributed by atoms with Gasteiger partial charge in [0.2, 0.25) is 0 Å². The zero-order chi connectivity index (χ0) is 14.0. The van der Waals surface area contributed by atoms with Crippen molar-refractivity contribution < 1.29 is 26.3 Å². The van der Waals surface area contributed by atoms with Crippen molar-refractivity contribution in [2.24, 2.45) is 0 Å². The summed E-state index contributed by atoms with van der Waals surface area (Å²) in [6.45, 7) is 2.09. The van der Waals surface area contributed by atoms with E-state index in [1.165, 1.54) is 0 Å². The topological polar surface area (TPSA) is 68.3 Å². The molecule has 5 nitrogen and oxygen atoms in total. The smallest absolute Gasteiger partial charge is 0.404 e. The number of sulfone groups is 1. The second-order valence-electron chi connectivity index (χ2n) is 3.37. The highest BCUT2D eigenvalue weighted by molar-refractivity contribution is 7.90. The van der Waals surface area contributed by atoms with E-state index in [1.807, 2.05) is 0 Å². The molecule has 9 heteroatoms. The monoisotopic (exact) mass is 284 g/mol. The number of hydrogen-bond donors (Lipinski definition) is 1. The van der Waals surface area contributed by atoms with Crippen LogP contribution in [0.25, 0.3) is 0 Å². The number of aromatic nitrogens is 1. The lowest BCUT2D eigenvalue weighted by atomic mass is 10.4. The van der Waals surface area contributed by atoms with Gasteiger partial charge in [-0.15, -0.1) is 13.2 Å². The highest BCUT2D eigenvalue weighted by Gasteiger charge is 2.32. The number of ether oxygens (including phenoxy) is 1. The SMILES string of the molecule is CCNc1ncc(OC(F)(F)F)cc1S(C)(=O)=O. The van der Waals surface area contributed by atoms with Gasteiger partial charge >= 0.3 is 6.36 Å². The first-order chi connectivity index (χ1) is 8.13. The fourth-order valence-electron chi connectivity index (χ4n) is 1.20. The normalized spacial score (nSPS) is 12.3. The number of halogens is 3. The predicted molar refractivity (Wildman–Crippen MR) is 58.2 cm³/mol. The first kappa shape index (κ1) is 14.6. The van der Waals surface area contributed by atoms with Crippen molar-refractivity contribution in [3.63, 3.8) is 0 Å². The van der Waals surface area contributed by atoms with E-state index in [0.29, 0.717) is 6.54 Å². The summed E-state index contributed by atoms with van der Waals surface area (Å²) in [7, 11) is -3.71. The van der Waals surface area contributed by atoms with Gasteiger partial charge in [-0.3, -0.25) is 0 Å². The fraction of sp³-hybridized carbons (Fsp3) is 0.444. The van der Waals surface area contributed by atoms with E-state index < -0.39 is 21.9 Å². The summed E-state index contributed by atoms with van der Waals surface area (Å²) < 4.78 is 62.5. The van der Waals surface area contributed by atoms with E-state index in [4.69, 9.17) is 0 Å².